The van der Waals surface area contributed by atoms with E-state index >= 15 is 0 Å². The molecular formula is C71H130O17P2. The van der Waals surface area contributed by atoms with Gasteiger partial charge < -0.3 is 33.8 Å². The van der Waals surface area contributed by atoms with Crippen LogP contribution in [0.25, 0.3) is 0 Å². The number of ether oxygens (including phenoxy) is 4. The van der Waals surface area contributed by atoms with Gasteiger partial charge >= 0.3 is 39.5 Å². The molecule has 0 aliphatic carbocycles. The fourth-order valence-electron chi connectivity index (χ4n) is 9.74. The standard InChI is InChI=1S/C71H130O17P2/c1-6-9-12-15-18-21-24-26-28-30-33-35-38-44-49-54-68(73)81-60-66(87-71(76)57-52-47-40-37-34-31-29-27-25-22-19-16-13-10-7-2)62-85-89(77,78)83-58-65(72)59-84-90(79,80)86-63-67(61-82-69(74)55-50-45-42-41-43-48-53-64(4)5)88-70(75)56-51-46-39-36-32-23-20-17-14-11-8-3/h21-22,24-29,64-67,72H,6-20,23,30-63H2,1-5H3,(H,77,78)(H,79,80)/b24-21-,25-22-,28-26-,29-27-/t65-,66-,67-/m1/s1. The van der Waals surface area contributed by atoms with Crippen molar-refractivity contribution in [2.75, 3.05) is 39.6 Å². The SMILES string of the molecule is CCCCCC/C=C\C=C/CCCCCCCC(=O)OC[C@H](COP(=O)(O)OC[C@@H](O)COP(=O)(O)OC[C@@H](COC(=O)CCCCCCCCC(C)C)OC(=O)CCCCCCCCCCCCC)OC(=O)CCCCCCC/C=C\C=C/CCCCCC. The zero-order valence-electron chi connectivity index (χ0n) is 57.2. The van der Waals surface area contributed by atoms with Crippen LogP contribution in [0.2, 0.25) is 0 Å². The van der Waals surface area contributed by atoms with Gasteiger partial charge in [-0.2, -0.15) is 0 Å². The largest absolute Gasteiger partial charge is 0.472 e. The molecule has 17 nitrogen and oxygen atoms in total. The molecular weight excluding hydrogens is 1190 g/mol. The molecule has 0 saturated carbocycles. The summed E-state index contributed by atoms with van der Waals surface area (Å²) < 4.78 is 68.2. The quantitative estimate of drug-likeness (QED) is 0.0169. The van der Waals surface area contributed by atoms with E-state index in [0.717, 1.165) is 128 Å². The predicted molar refractivity (Wildman–Crippen MR) is 363 cm³/mol. The normalized spacial score (nSPS) is 14.4. The summed E-state index contributed by atoms with van der Waals surface area (Å²) in [5, 5.41) is 10.6. The lowest BCUT2D eigenvalue weighted by molar-refractivity contribution is -0.161. The molecule has 2 unspecified atom stereocenters. The van der Waals surface area contributed by atoms with E-state index in [0.29, 0.717) is 31.6 Å². The molecule has 0 aliphatic rings. The molecule has 0 radical (unpaired) electrons. The maximum Gasteiger partial charge on any atom is 0.472 e. The second-order valence-electron chi connectivity index (χ2n) is 24.7. The van der Waals surface area contributed by atoms with Gasteiger partial charge in [-0.05, 0) is 83.0 Å². The molecule has 3 N–H and O–H groups in total. The Labute approximate surface area is 547 Å². The molecule has 0 aromatic rings. The number of carbonyl (C=O) groups excluding carboxylic acids is 4. The van der Waals surface area contributed by atoms with Gasteiger partial charge in [0.1, 0.15) is 19.3 Å². The van der Waals surface area contributed by atoms with Crippen molar-refractivity contribution in [1.82, 2.24) is 0 Å². The van der Waals surface area contributed by atoms with Crippen molar-refractivity contribution in [3.05, 3.63) is 48.6 Å². The lowest BCUT2D eigenvalue weighted by Gasteiger charge is -2.21. The number of esters is 4. The van der Waals surface area contributed by atoms with E-state index in [-0.39, 0.29) is 25.7 Å². The number of unbranched alkanes of at least 4 members (excludes halogenated alkanes) is 33. The third-order valence-electron chi connectivity index (χ3n) is 15.3. The van der Waals surface area contributed by atoms with Crippen LogP contribution in [0, 0.1) is 5.92 Å². The van der Waals surface area contributed by atoms with Crippen LogP contribution in [0.15, 0.2) is 48.6 Å². The van der Waals surface area contributed by atoms with Gasteiger partial charge in [0.25, 0.3) is 0 Å². The van der Waals surface area contributed by atoms with Crippen LogP contribution in [0.5, 0.6) is 0 Å². The third-order valence-corrected chi connectivity index (χ3v) is 17.2. The number of hydrogen-bond acceptors (Lipinski definition) is 15. The van der Waals surface area contributed by atoms with Crippen molar-refractivity contribution >= 4 is 39.5 Å². The van der Waals surface area contributed by atoms with Crippen molar-refractivity contribution in [3.8, 4) is 0 Å². The summed E-state index contributed by atoms with van der Waals surface area (Å²) >= 11 is 0. The molecule has 0 heterocycles. The van der Waals surface area contributed by atoms with Crippen LogP contribution in [0.1, 0.15) is 317 Å². The van der Waals surface area contributed by atoms with Gasteiger partial charge in [-0.3, -0.25) is 37.3 Å². The van der Waals surface area contributed by atoms with Gasteiger partial charge in [0.2, 0.25) is 0 Å². The van der Waals surface area contributed by atoms with Crippen LogP contribution in [0.3, 0.4) is 0 Å². The highest BCUT2D eigenvalue weighted by Gasteiger charge is 2.30. The fraction of sp³-hybridized carbons (Fsp3) is 0.831. The highest BCUT2D eigenvalue weighted by atomic mass is 31.2. The average Bonchev–Trinajstić information content (AvgIpc) is 3.17. The first-order valence-electron chi connectivity index (χ1n) is 35.8. The molecule has 0 bridgehead atoms. The Morgan fingerprint density at radius 3 is 0.911 bits per heavy atom. The molecule has 0 rings (SSSR count). The molecule has 0 aliphatic heterocycles. The first-order valence-corrected chi connectivity index (χ1v) is 38.8. The van der Waals surface area contributed by atoms with Crippen molar-refractivity contribution in [2.24, 2.45) is 5.92 Å². The molecule has 0 fully saturated rings. The summed E-state index contributed by atoms with van der Waals surface area (Å²) in [6.45, 7) is 7.02. The number of phosphoric acid groups is 2. The number of allylic oxidation sites excluding steroid dienone is 8. The van der Waals surface area contributed by atoms with E-state index in [9.17, 15) is 43.2 Å². The minimum absolute atomic E-state index is 0.0780. The summed E-state index contributed by atoms with van der Waals surface area (Å²) in [7, 11) is -9.92. The second kappa shape index (κ2) is 63.4. The Kier molecular flexibility index (Phi) is 61.3. The predicted octanol–water partition coefficient (Wildman–Crippen LogP) is 19.6. The molecule has 526 valence electrons. The van der Waals surface area contributed by atoms with Gasteiger partial charge in [0.15, 0.2) is 12.2 Å². The van der Waals surface area contributed by atoms with E-state index in [1.165, 1.54) is 103 Å². The maximum atomic E-state index is 13.0. The van der Waals surface area contributed by atoms with Crippen LogP contribution in [-0.4, -0.2) is 96.7 Å². The molecule has 0 amide bonds. The monoisotopic (exact) mass is 1320 g/mol. The number of hydrogen-bond donors (Lipinski definition) is 3. The summed E-state index contributed by atoms with van der Waals surface area (Å²) in [4.78, 5) is 72.5. The van der Waals surface area contributed by atoms with Crippen molar-refractivity contribution < 1.29 is 80.2 Å². The van der Waals surface area contributed by atoms with E-state index in [2.05, 4.69) is 83.2 Å². The lowest BCUT2D eigenvalue weighted by Crippen LogP contribution is -2.30. The topological polar surface area (TPSA) is 237 Å². The van der Waals surface area contributed by atoms with Crippen molar-refractivity contribution in [2.45, 2.75) is 335 Å². The number of phosphoric ester groups is 2. The molecule has 0 saturated heterocycles. The molecule has 0 aromatic carbocycles. The number of aliphatic hydroxyl groups excluding tert-OH is 1. The highest BCUT2D eigenvalue weighted by Crippen LogP contribution is 2.45. The van der Waals surface area contributed by atoms with E-state index in [4.69, 9.17) is 37.0 Å². The Bertz CT molecular complexity index is 1920. The zero-order valence-corrected chi connectivity index (χ0v) is 59.0. The molecule has 0 aromatic heterocycles. The number of aliphatic hydroxyl groups is 1. The first kappa shape index (κ1) is 87.0. The Morgan fingerprint density at radius 1 is 0.344 bits per heavy atom. The minimum Gasteiger partial charge on any atom is -0.462 e. The number of carbonyl (C=O) groups is 4. The first-order chi connectivity index (χ1) is 43.5. The van der Waals surface area contributed by atoms with Crippen LogP contribution < -0.4 is 0 Å². The van der Waals surface area contributed by atoms with E-state index in [1.807, 2.05) is 0 Å². The molecule has 5 atom stereocenters. The average molecular weight is 1320 g/mol. The Balaban J connectivity index is 5.31. The number of rotatable bonds is 67. The van der Waals surface area contributed by atoms with Crippen molar-refractivity contribution in [1.29, 1.82) is 0 Å². The molecule has 90 heavy (non-hydrogen) atoms. The molecule has 0 spiro atoms. The van der Waals surface area contributed by atoms with E-state index < -0.39 is 97.5 Å². The van der Waals surface area contributed by atoms with Crippen LogP contribution in [0.4, 0.5) is 0 Å². The summed E-state index contributed by atoms with van der Waals surface area (Å²) in [5.41, 5.74) is 0. The van der Waals surface area contributed by atoms with Gasteiger partial charge in [0.05, 0.1) is 26.4 Å². The van der Waals surface area contributed by atoms with Gasteiger partial charge in [-0.25, -0.2) is 9.13 Å². The molecule has 19 heteroatoms. The fourth-order valence-corrected chi connectivity index (χ4v) is 11.3. The van der Waals surface area contributed by atoms with Crippen LogP contribution in [-0.2, 0) is 65.4 Å². The van der Waals surface area contributed by atoms with Gasteiger partial charge in [-0.1, -0.05) is 263 Å². The highest BCUT2D eigenvalue weighted by molar-refractivity contribution is 7.47. The Morgan fingerprint density at radius 2 is 0.600 bits per heavy atom. The summed E-state index contributed by atoms with van der Waals surface area (Å²) in [6.07, 6.45) is 55.8. The van der Waals surface area contributed by atoms with Gasteiger partial charge in [0, 0.05) is 25.7 Å². The summed E-state index contributed by atoms with van der Waals surface area (Å²) in [5.74, 6) is -1.51. The second-order valence-corrected chi connectivity index (χ2v) is 27.6. The Hall–Kier alpha value is -2.98. The van der Waals surface area contributed by atoms with Crippen LogP contribution >= 0.6 is 15.6 Å². The summed E-state index contributed by atoms with van der Waals surface area (Å²) in [6, 6.07) is 0. The smallest absolute Gasteiger partial charge is 0.462 e. The minimum atomic E-state index is -4.97. The lowest BCUT2D eigenvalue weighted by atomic mass is 10.0. The van der Waals surface area contributed by atoms with Crippen molar-refractivity contribution in [3.63, 3.8) is 0 Å². The zero-order chi connectivity index (χ0) is 66.3. The van der Waals surface area contributed by atoms with E-state index in [1.54, 1.807) is 0 Å². The maximum absolute atomic E-state index is 13.0. The third kappa shape index (κ3) is 63.8. The van der Waals surface area contributed by atoms with Gasteiger partial charge in [-0.15, -0.1) is 0 Å².